The van der Waals surface area contributed by atoms with Crippen molar-refractivity contribution in [3.63, 3.8) is 0 Å². The first-order valence-corrected chi connectivity index (χ1v) is 5.39. The Labute approximate surface area is 85.5 Å². The minimum Gasteiger partial charge on any atom is -0.350 e. The number of nitriles is 1. The van der Waals surface area contributed by atoms with Crippen molar-refractivity contribution in [2.24, 2.45) is 5.92 Å². The summed E-state index contributed by atoms with van der Waals surface area (Å²) in [4.78, 5) is 11.6. The lowest BCUT2D eigenvalue weighted by Crippen LogP contribution is -2.54. The number of hydrogen-bond donors (Lipinski definition) is 1. The monoisotopic (exact) mass is 194 g/mol. The minimum absolute atomic E-state index is 0.0152. The van der Waals surface area contributed by atoms with E-state index in [1.165, 1.54) is 6.42 Å². The van der Waals surface area contributed by atoms with Crippen LogP contribution in [0.5, 0.6) is 0 Å². The lowest BCUT2D eigenvalue weighted by atomic mass is 9.74. The second-order valence-electron chi connectivity index (χ2n) is 4.07. The Morgan fingerprint density at radius 2 is 2.21 bits per heavy atom. The summed E-state index contributed by atoms with van der Waals surface area (Å²) < 4.78 is 0. The molecule has 78 valence electrons. The van der Waals surface area contributed by atoms with Crippen molar-refractivity contribution in [1.29, 1.82) is 5.26 Å². The Hall–Kier alpha value is -1.04. The Bertz CT molecular complexity index is 245. The Balaban J connectivity index is 2.51. The zero-order chi connectivity index (χ0) is 10.6. The van der Waals surface area contributed by atoms with E-state index in [0.717, 1.165) is 19.3 Å². The predicted molar refractivity (Wildman–Crippen MR) is 54.4 cm³/mol. The summed E-state index contributed by atoms with van der Waals surface area (Å²) >= 11 is 0. The van der Waals surface area contributed by atoms with Crippen LogP contribution >= 0.6 is 0 Å². The molecule has 0 aromatic heterocycles. The highest BCUT2D eigenvalue weighted by Gasteiger charge is 2.37. The van der Waals surface area contributed by atoms with Gasteiger partial charge in [-0.05, 0) is 32.1 Å². The highest BCUT2D eigenvalue weighted by Crippen LogP contribution is 2.34. The molecule has 0 aromatic rings. The molecule has 0 aromatic carbocycles. The van der Waals surface area contributed by atoms with E-state index in [2.05, 4.69) is 12.2 Å². The van der Waals surface area contributed by atoms with Gasteiger partial charge in [0, 0.05) is 5.54 Å². The number of carbonyl (C=O) groups excluding carboxylic acids is 1. The van der Waals surface area contributed by atoms with Gasteiger partial charge in [-0.1, -0.05) is 13.8 Å². The Morgan fingerprint density at radius 3 is 2.50 bits per heavy atom. The number of hydrogen-bond acceptors (Lipinski definition) is 2. The molecule has 0 saturated heterocycles. The molecular formula is C11H18N2O. The number of nitrogens with one attached hydrogen (secondary N) is 1. The summed E-state index contributed by atoms with van der Waals surface area (Å²) in [5.41, 5.74) is 0.0152. The largest absolute Gasteiger partial charge is 0.350 e. The summed E-state index contributed by atoms with van der Waals surface area (Å²) in [5.74, 6) is -0.560. The second kappa shape index (κ2) is 4.45. The third-order valence-electron chi connectivity index (χ3n) is 3.26. The molecule has 14 heavy (non-hydrogen) atoms. The maximum atomic E-state index is 11.6. The number of carbonyl (C=O) groups is 1. The molecule has 1 amide bonds. The van der Waals surface area contributed by atoms with Crippen molar-refractivity contribution in [2.75, 3.05) is 0 Å². The van der Waals surface area contributed by atoms with Crippen molar-refractivity contribution in [3.05, 3.63) is 0 Å². The predicted octanol–water partition coefficient (Wildman–Crippen LogP) is 1.99. The third-order valence-corrected chi connectivity index (χ3v) is 3.26. The Kier molecular flexibility index (Phi) is 3.51. The van der Waals surface area contributed by atoms with E-state index >= 15 is 0 Å². The molecule has 3 nitrogen and oxygen atoms in total. The highest BCUT2D eigenvalue weighted by atomic mass is 16.2. The summed E-state index contributed by atoms with van der Waals surface area (Å²) in [6.45, 7) is 3.96. The fourth-order valence-corrected chi connectivity index (χ4v) is 1.85. The average molecular weight is 194 g/mol. The summed E-state index contributed by atoms with van der Waals surface area (Å²) in [7, 11) is 0. The van der Waals surface area contributed by atoms with Gasteiger partial charge in [0.05, 0.1) is 6.07 Å². The molecule has 0 radical (unpaired) electrons. The van der Waals surface area contributed by atoms with E-state index in [-0.39, 0.29) is 11.4 Å². The van der Waals surface area contributed by atoms with E-state index in [1.54, 1.807) is 0 Å². The zero-order valence-electron chi connectivity index (χ0n) is 8.97. The van der Waals surface area contributed by atoms with Crippen molar-refractivity contribution in [3.8, 4) is 6.07 Å². The van der Waals surface area contributed by atoms with Gasteiger partial charge in [0.15, 0.2) is 0 Å². The van der Waals surface area contributed by atoms with Gasteiger partial charge in [0.2, 0.25) is 5.91 Å². The fourth-order valence-electron chi connectivity index (χ4n) is 1.85. The van der Waals surface area contributed by atoms with Gasteiger partial charge in [-0.15, -0.1) is 0 Å². The molecule has 1 rings (SSSR count). The van der Waals surface area contributed by atoms with E-state index in [4.69, 9.17) is 5.26 Å². The average Bonchev–Trinajstić information content (AvgIpc) is 2.13. The van der Waals surface area contributed by atoms with Crippen molar-refractivity contribution >= 4 is 5.91 Å². The number of rotatable bonds is 4. The van der Waals surface area contributed by atoms with Gasteiger partial charge in [-0.25, -0.2) is 0 Å². The minimum atomic E-state index is -0.473. The first kappa shape index (κ1) is 11.0. The van der Waals surface area contributed by atoms with Gasteiger partial charge in [0.1, 0.15) is 5.92 Å². The third kappa shape index (κ3) is 2.06. The van der Waals surface area contributed by atoms with Crippen LogP contribution in [-0.4, -0.2) is 11.4 Å². The van der Waals surface area contributed by atoms with Gasteiger partial charge < -0.3 is 5.32 Å². The summed E-state index contributed by atoms with van der Waals surface area (Å²) in [6.07, 6.45) is 4.90. The lowest BCUT2D eigenvalue weighted by molar-refractivity contribution is -0.126. The van der Waals surface area contributed by atoms with Crippen molar-refractivity contribution in [2.45, 2.75) is 51.5 Å². The van der Waals surface area contributed by atoms with Crippen LogP contribution in [0.4, 0.5) is 0 Å². The van der Waals surface area contributed by atoms with Crippen LogP contribution in [0.1, 0.15) is 46.0 Å². The van der Waals surface area contributed by atoms with Gasteiger partial charge >= 0.3 is 0 Å². The molecular weight excluding hydrogens is 176 g/mol. The molecule has 1 atom stereocenters. The van der Waals surface area contributed by atoms with Crippen LogP contribution in [-0.2, 0) is 4.79 Å². The lowest BCUT2D eigenvalue weighted by Gasteiger charge is -2.42. The zero-order valence-corrected chi connectivity index (χ0v) is 8.97. The maximum absolute atomic E-state index is 11.6. The highest BCUT2D eigenvalue weighted by molar-refractivity contribution is 5.81. The molecule has 1 aliphatic rings. The molecule has 0 bridgehead atoms. The van der Waals surface area contributed by atoms with Crippen LogP contribution in [0.2, 0.25) is 0 Å². The van der Waals surface area contributed by atoms with E-state index < -0.39 is 5.92 Å². The Morgan fingerprint density at radius 1 is 1.57 bits per heavy atom. The standard InChI is InChI=1S/C11H18N2O/c1-3-9(8-12)10(14)13-11(4-2)6-5-7-11/h9H,3-7H2,1-2H3,(H,13,14). The first-order valence-electron chi connectivity index (χ1n) is 5.39. The smallest absolute Gasteiger partial charge is 0.237 e. The van der Waals surface area contributed by atoms with Crippen LogP contribution < -0.4 is 5.32 Å². The van der Waals surface area contributed by atoms with Crippen LogP contribution in [0, 0.1) is 17.2 Å². The van der Waals surface area contributed by atoms with Crippen molar-refractivity contribution in [1.82, 2.24) is 5.32 Å². The van der Waals surface area contributed by atoms with Crippen molar-refractivity contribution < 1.29 is 4.79 Å². The van der Waals surface area contributed by atoms with Crippen LogP contribution in [0.15, 0.2) is 0 Å². The molecule has 1 aliphatic carbocycles. The molecule has 0 heterocycles. The van der Waals surface area contributed by atoms with Gasteiger partial charge in [-0.3, -0.25) is 4.79 Å². The van der Waals surface area contributed by atoms with Gasteiger partial charge in [-0.2, -0.15) is 5.26 Å². The molecule has 0 aliphatic heterocycles. The molecule has 1 N–H and O–H groups in total. The molecule has 1 unspecified atom stereocenters. The molecule has 0 spiro atoms. The van der Waals surface area contributed by atoms with Crippen LogP contribution in [0.3, 0.4) is 0 Å². The van der Waals surface area contributed by atoms with Crippen LogP contribution in [0.25, 0.3) is 0 Å². The number of amides is 1. The molecule has 3 heteroatoms. The van der Waals surface area contributed by atoms with E-state index in [9.17, 15) is 4.79 Å². The second-order valence-corrected chi connectivity index (χ2v) is 4.07. The number of nitrogens with zero attached hydrogens (tertiary/aromatic N) is 1. The molecule has 1 fully saturated rings. The topological polar surface area (TPSA) is 52.9 Å². The van der Waals surface area contributed by atoms with Gasteiger partial charge in [0.25, 0.3) is 0 Å². The summed E-state index contributed by atoms with van der Waals surface area (Å²) in [5, 5.41) is 11.8. The fraction of sp³-hybridized carbons (Fsp3) is 0.818. The quantitative estimate of drug-likeness (QED) is 0.744. The maximum Gasteiger partial charge on any atom is 0.237 e. The molecule has 1 saturated carbocycles. The first-order chi connectivity index (χ1) is 6.67. The SMILES string of the molecule is CCC(C#N)C(=O)NC1(CC)CCC1. The van der Waals surface area contributed by atoms with E-state index in [0.29, 0.717) is 6.42 Å². The van der Waals surface area contributed by atoms with E-state index in [1.807, 2.05) is 13.0 Å². The summed E-state index contributed by atoms with van der Waals surface area (Å²) in [6, 6.07) is 2.03. The normalized spacial score (nSPS) is 20.4.